The molecular weight excluding hydrogens is 379 g/mol. The Bertz CT molecular complexity index is 543. The normalized spacial score (nSPS) is 16.2. The van der Waals surface area contributed by atoms with Gasteiger partial charge in [0.1, 0.15) is 12.6 Å². The van der Waals surface area contributed by atoms with E-state index in [-0.39, 0.29) is 0 Å². The van der Waals surface area contributed by atoms with Crippen molar-refractivity contribution in [1.29, 1.82) is 0 Å². The first-order valence-corrected chi connectivity index (χ1v) is 8.64. The molecule has 1 fully saturated rings. The number of carbonyl (C=O) groups excluding carboxylic acids is 3. The Morgan fingerprint density at radius 3 is 2.07 bits per heavy atom. The molecule has 1 saturated heterocycles. The average Bonchev–Trinajstić information content (AvgIpc) is 3.02. The third-order valence-electron chi connectivity index (χ3n) is 3.32. The Labute approximate surface area is 164 Å². The van der Waals surface area contributed by atoms with E-state index in [1.807, 2.05) is 5.32 Å². The van der Waals surface area contributed by atoms with Crippen LogP contribution in [0.2, 0.25) is 0 Å². The van der Waals surface area contributed by atoms with Crippen molar-refractivity contribution < 1.29 is 32.3 Å². The molecule has 3 amide bonds. The van der Waals surface area contributed by atoms with Crippen molar-refractivity contribution in [2.45, 2.75) is 65.3 Å². The first-order valence-electron chi connectivity index (χ1n) is 8.64. The molecule has 0 aromatic heterocycles. The third-order valence-corrected chi connectivity index (χ3v) is 3.32. The van der Waals surface area contributed by atoms with Crippen molar-refractivity contribution in [2.75, 3.05) is 13.1 Å². The number of hydrogen-bond acceptors (Lipinski definition) is 4. The lowest BCUT2D eigenvalue weighted by atomic mass is 10.1. The molecule has 0 bridgehead atoms. The van der Waals surface area contributed by atoms with Crippen molar-refractivity contribution in [3.05, 3.63) is 0 Å². The van der Waals surface area contributed by atoms with Gasteiger partial charge >= 0.3 is 12.3 Å². The second kappa shape index (κ2) is 12.1. The summed E-state index contributed by atoms with van der Waals surface area (Å²) in [6.07, 6.45) is 2.91. The summed E-state index contributed by atoms with van der Waals surface area (Å²) in [5, 5.41) is 1.94. The summed E-state index contributed by atoms with van der Waals surface area (Å²) in [5.41, 5.74) is 2.47. The molecule has 1 rings (SSSR count). The van der Waals surface area contributed by atoms with E-state index in [2.05, 4.69) is 38.4 Å². The third kappa shape index (κ3) is 10.0. The zero-order chi connectivity index (χ0) is 22.7. The number of nitrogens with zero attached hydrogens (tertiary/aromatic N) is 1. The lowest BCUT2D eigenvalue weighted by Gasteiger charge is -2.28. The Balaban J connectivity index is 0. The molecule has 0 aromatic carbocycles. The summed E-state index contributed by atoms with van der Waals surface area (Å²) in [6, 6.07) is -0.753. The Morgan fingerprint density at radius 2 is 1.68 bits per heavy atom. The largest absolute Gasteiger partial charge is 0.434 e. The van der Waals surface area contributed by atoms with E-state index in [9.17, 15) is 27.6 Å². The van der Waals surface area contributed by atoms with Crippen molar-refractivity contribution >= 4 is 17.9 Å². The van der Waals surface area contributed by atoms with Gasteiger partial charge in [-0.15, -0.1) is 12.8 Å². The topological polar surface area (TPSA) is 102 Å². The Morgan fingerprint density at radius 1 is 1.21 bits per heavy atom. The molecule has 1 aliphatic rings. The Kier molecular flexibility index (Phi) is 12.0. The SMILES string of the molecule is C#C.CC(C)(OC(=O)NCC(=O)N1CCC[C@H]1C(N)=O)C(F)(F)F.CC(C)C. The molecular formula is C18H30F3N3O4. The highest BCUT2D eigenvalue weighted by Gasteiger charge is 2.51. The molecule has 7 nitrogen and oxygen atoms in total. The van der Waals surface area contributed by atoms with Gasteiger partial charge in [-0.05, 0) is 32.6 Å². The number of likely N-dealkylation sites (tertiary alicyclic amines) is 1. The zero-order valence-corrected chi connectivity index (χ0v) is 16.9. The summed E-state index contributed by atoms with van der Waals surface area (Å²) < 4.78 is 41.9. The van der Waals surface area contributed by atoms with Gasteiger partial charge in [0.25, 0.3) is 0 Å². The van der Waals surface area contributed by atoms with Crippen LogP contribution >= 0.6 is 0 Å². The molecule has 1 atom stereocenters. The average molecular weight is 409 g/mol. The highest BCUT2D eigenvalue weighted by Crippen LogP contribution is 2.32. The minimum atomic E-state index is -4.74. The van der Waals surface area contributed by atoms with Crippen molar-refractivity contribution in [3.8, 4) is 12.8 Å². The molecule has 0 radical (unpaired) electrons. The molecule has 0 aromatic rings. The van der Waals surface area contributed by atoms with Crippen LogP contribution in [0.25, 0.3) is 0 Å². The predicted molar refractivity (Wildman–Crippen MR) is 98.9 cm³/mol. The number of alkyl carbamates (subject to hydrolysis) is 1. The second-order valence-corrected chi connectivity index (χ2v) is 7.13. The van der Waals surface area contributed by atoms with Crippen LogP contribution < -0.4 is 11.1 Å². The minimum Gasteiger partial charge on any atom is -0.434 e. The molecule has 28 heavy (non-hydrogen) atoms. The van der Waals surface area contributed by atoms with E-state index in [0.29, 0.717) is 33.2 Å². The molecule has 1 aliphatic heterocycles. The van der Waals surface area contributed by atoms with Gasteiger partial charge in [0, 0.05) is 6.54 Å². The molecule has 0 aliphatic carbocycles. The van der Waals surface area contributed by atoms with Gasteiger partial charge in [0.15, 0.2) is 0 Å². The molecule has 3 N–H and O–H groups in total. The summed E-state index contributed by atoms with van der Waals surface area (Å²) in [4.78, 5) is 35.5. The lowest BCUT2D eigenvalue weighted by Crippen LogP contribution is -2.49. The molecule has 10 heteroatoms. The highest BCUT2D eigenvalue weighted by molar-refractivity contribution is 5.89. The summed E-state index contributed by atoms with van der Waals surface area (Å²) in [5.74, 6) is -0.435. The summed E-state index contributed by atoms with van der Waals surface area (Å²) >= 11 is 0. The fourth-order valence-corrected chi connectivity index (χ4v) is 1.94. The van der Waals surface area contributed by atoms with Crippen LogP contribution in [0.5, 0.6) is 0 Å². The van der Waals surface area contributed by atoms with Crippen LogP contribution in [0.1, 0.15) is 47.5 Å². The number of hydrogen-bond donors (Lipinski definition) is 2. The van der Waals surface area contributed by atoms with Gasteiger partial charge in [-0.1, -0.05) is 20.8 Å². The maximum absolute atomic E-state index is 12.5. The number of nitrogens with two attached hydrogens (primary N) is 1. The number of alkyl halides is 3. The molecule has 0 saturated carbocycles. The number of nitrogens with one attached hydrogen (secondary N) is 1. The van der Waals surface area contributed by atoms with Crippen molar-refractivity contribution in [2.24, 2.45) is 11.7 Å². The smallest absolute Gasteiger partial charge is 0.427 e. The molecule has 0 spiro atoms. The van der Waals surface area contributed by atoms with Gasteiger partial charge in [0.2, 0.25) is 17.4 Å². The van der Waals surface area contributed by atoms with Crippen LogP contribution in [0, 0.1) is 18.8 Å². The lowest BCUT2D eigenvalue weighted by molar-refractivity contribution is -0.243. The van der Waals surface area contributed by atoms with Crippen LogP contribution in [0.3, 0.4) is 0 Å². The number of halogens is 3. The van der Waals surface area contributed by atoms with E-state index in [1.54, 1.807) is 0 Å². The van der Waals surface area contributed by atoms with Crippen molar-refractivity contribution in [1.82, 2.24) is 10.2 Å². The van der Waals surface area contributed by atoms with Crippen molar-refractivity contribution in [3.63, 3.8) is 0 Å². The van der Waals surface area contributed by atoms with E-state index < -0.39 is 42.3 Å². The summed E-state index contributed by atoms with van der Waals surface area (Å²) in [6.45, 7) is 7.61. The van der Waals surface area contributed by atoms with Gasteiger partial charge in [0.05, 0.1) is 0 Å². The van der Waals surface area contributed by atoms with Gasteiger partial charge in [-0.2, -0.15) is 13.2 Å². The number of rotatable bonds is 4. The standard InChI is InChI=1S/C12H18F3N3O4.C4H10.C2H2/c1-11(2,12(13,14)15)22-10(21)17-6-8(19)18-5-3-4-7(18)9(16)20;1-4(2)3;1-2/h7H,3-6H2,1-2H3,(H2,16,20)(H,17,21);4H,1-3H3;1-2H/t7-;;/m0../s1. The fourth-order valence-electron chi connectivity index (χ4n) is 1.94. The van der Waals surface area contributed by atoms with Crippen LogP contribution in [0.15, 0.2) is 0 Å². The van der Waals surface area contributed by atoms with E-state index in [4.69, 9.17) is 5.73 Å². The van der Waals surface area contributed by atoms with Gasteiger partial charge in [-0.3, -0.25) is 9.59 Å². The molecule has 0 unspecified atom stereocenters. The molecule has 1 heterocycles. The predicted octanol–water partition coefficient (Wildman–Crippen LogP) is 2.44. The van der Waals surface area contributed by atoms with Crippen LogP contribution in [-0.2, 0) is 14.3 Å². The number of ether oxygens (including phenoxy) is 1. The monoisotopic (exact) mass is 409 g/mol. The first kappa shape index (κ1) is 27.8. The summed E-state index contributed by atoms with van der Waals surface area (Å²) in [7, 11) is 0. The fraction of sp³-hybridized carbons (Fsp3) is 0.722. The highest BCUT2D eigenvalue weighted by atomic mass is 19.4. The van der Waals surface area contributed by atoms with Crippen LogP contribution in [0.4, 0.5) is 18.0 Å². The van der Waals surface area contributed by atoms with Gasteiger partial charge in [-0.25, -0.2) is 4.79 Å². The minimum absolute atomic E-state index is 0.303. The maximum atomic E-state index is 12.5. The number of terminal acetylenes is 1. The maximum Gasteiger partial charge on any atom is 0.427 e. The van der Waals surface area contributed by atoms with Crippen LogP contribution in [-0.4, -0.2) is 53.7 Å². The first-order chi connectivity index (χ1) is 12.7. The molecule has 162 valence electrons. The quantitative estimate of drug-likeness (QED) is 0.696. The number of carbonyl (C=O) groups is 3. The zero-order valence-electron chi connectivity index (χ0n) is 16.9. The van der Waals surface area contributed by atoms with E-state index in [1.165, 1.54) is 4.90 Å². The van der Waals surface area contributed by atoms with Gasteiger partial charge < -0.3 is 20.7 Å². The number of amides is 3. The Hall–Kier alpha value is -2.44. The number of primary amides is 1. The van der Waals surface area contributed by atoms with E-state index >= 15 is 0 Å². The second-order valence-electron chi connectivity index (χ2n) is 7.13. The van der Waals surface area contributed by atoms with E-state index in [0.717, 1.165) is 5.92 Å².